The summed E-state index contributed by atoms with van der Waals surface area (Å²) < 4.78 is 4.79. The van der Waals surface area contributed by atoms with Crippen molar-refractivity contribution in [3.63, 3.8) is 0 Å². The van der Waals surface area contributed by atoms with Gasteiger partial charge in [0, 0.05) is 23.6 Å². The van der Waals surface area contributed by atoms with Gasteiger partial charge >= 0.3 is 5.97 Å². The lowest BCUT2D eigenvalue weighted by molar-refractivity contribution is -0.384. The Hall–Kier alpha value is -2.46. The van der Waals surface area contributed by atoms with E-state index in [1.165, 1.54) is 18.2 Å². The number of rotatable bonds is 4. The standard InChI is InChI=1S/C19H19N3O5S2/c1-9-15(28)21-16(9)29-18(3,4)19(21,17(23)24)13-10(2)20-27-14(13)11-6-5-7-12(8-11)22(25)26/h5-9,16H,1-4H3,(H,23,24)/t9-,16-,19+/m1/s1. The molecule has 1 N–H and O–H groups in total. The number of benzene rings is 1. The molecule has 8 nitrogen and oxygen atoms in total. The Morgan fingerprint density at radius 1 is 1.45 bits per heavy atom. The topological polar surface area (TPSA) is 110 Å². The zero-order chi connectivity index (χ0) is 21.3. The van der Waals surface area contributed by atoms with Crippen LogP contribution >= 0.6 is 24.0 Å². The van der Waals surface area contributed by atoms with Gasteiger partial charge in [-0.05, 0) is 20.8 Å². The summed E-state index contributed by atoms with van der Waals surface area (Å²) in [6.07, 6.45) is 0. The number of nitro benzene ring substituents is 1. The average molecular weight is 434 g/mol. The van der Waals surface area contributed by atoms with E-state index in [4.69, 9.17) is 16.7 Å². The molecule has 1 aromatic carbocycles. The van der Waals surface area contributed by atoms with Gasteiger partial charge in [-0.15, -0.1) is 11.8 Å². The lowest BCUT2D eigenvalue weighted by Gasteiger charge is -2.51. The number of thiocarbonyl (C=S) groups is 1. The van der Waals surface area contributed by atoms with Crippen LogP contribution in [0.5, 0.6) is 0 Å². The largest absolute Gasteiger partial charge is 0.479 e. The van der Waals surface area contributed by atoms with Crippen molar-refractivity contribution >= 4 is 40.6 Å². The monoisotopic (exact) mass is 433 g/mol. The second-order valence-electron chi connectivity index (χ2n) is 7.81. The number of aromatic nitrogens is 1. The molecule has 2 aliphatic rings. The van der Waals surface area contributed by atoms with E-state index in [-0.39, 0.29) is 22.7 Å². The summed E-state index contributed by atoms with van der Waals surface area (Å²) in [5, 5.41) is 25.7. The van der Waals surface area contributed by atoms with Gasteiger partial charge in [0.05, 0.1) is 31.3 Å². The maximum Gasteiger partial charge on any atom is 0.336 e. The van der Waals surface area contributed by atoms with Crippen LogP contribution in [-0.4, -0.2) is 41.2 Å². The van der Waals surface area contributed by atoms with Crippen molar-refractivity contribution in [1.82, 2.24) is 10.1 Å². The third kappa shape index (κ3) is 2.42. The van der Waals surface area contributed by atoms with Gasteiger partial charge in [-0.3, -0.25) is 10.1 Å². The number of nitro groups is 1. The van der Waals surface area contributed by atoms with Gasteiger partial charge in [-0.2, -0.15) is 0 Å². The Morgan fingerprint density at radius 2 is 2.14 bits per heavy atom. The number of nitrogens with zero attached hydrogens (tertiary/aromatic N) is 3. The first-order valence-corrected chi connectivity index (χ1v) is 10.3. The molecule has 10 heteroatoms. The quantitative estimate of drug-likeness (QED) is 0.435. The first kappa shape index (κ1) is 19.8. The summed E-state index contributed by atoms with van der Waals surface area (Å²) in [5.41, 5.74) is -0.405. The van der Waals surface area contributed by atoms with E-state index >= 15 is 0 Å². The van der Waals surface area contributed by atoms with Crippen molar-refractivity contribution in [3.05, 3.63) is 45.6 Å². The zero-order valence-electron chi connectivity index (χ0n) is 16.2. The number of hydrogen-bond acceptors (Lipinski definition) is 7. The van der Waals surface area contributed by atoms with Crippen molar-refractivity contribution in [3.8, 4) is 11.3 Å². The third-order valence-corrected chi connectivity index (χ3v) is 8.12. The molecular formula is C19H19N3O5S2. The molecule has 3 atom stereocenters. The number of non-ortho nitro benzene ring substituents is 1. The van der Waals surface area contributed by atoms with Crippen molar-refractivity contribution in [2.75, 3.05) is 0 Å². The Labute approximate surface area is 176 Å². The maximum atomic E-state index is 12.9. The van der Waals surface area contributed by atoms with Gasteiger partial charge in [0.1, 0.15) is 0 Å². The number of carboxylic acid groups (broad SMARTS) is 1. The van der Waals surface area contributed by atoms with Crippen molar-refractivity contribution in [1.29, 1.82) is 0 Å². The molecule has 2 aliphatic heterocycles. The fourth-order valence-corrected chi connectivity index (χ4v) is 6.74. The number of hydrogen-bond donors (Lipinski definition) is 1. The molecule has 1 aromatic heterocycles. The van der Waals surface area contributed by atoms with Crippen LogP contribution in [0.4, 0.5) is 5.69 Å². The Kier molecular flexibility index (Phi) is 4.29. The van der Waals surface area contributed by atoms with Crippen molar-refractivity contribution in [2.45, 2.75) is 43.4 Å². The van der Waals surface area contributed by atoms with Crippen molar-refractivity contribution in [2.24, 2.45) is 5.92 Å². The van der Waals surface area contributed by atoms with Gasteiger partial charge in [0.2, 0.25) is 0 Å². The molecule has 2 saturated heterocycles. The normalized spacial score (nSPS) is 27.4. The van der Waals surface area contributed by atoms with Crippen LogP contribution in [-0.2, 0) is 10.3 Å². The van der Waals surface area contributed by atoms with Crippen LogP contribution in [0, 0.1) is 23.0 Å². The lowest BCUT2D eigenvalue weighted by atomic mass is 9.73. The Balaban J connectivity index is 2.00. The SMILES string of the molecule is Cc1noc(-c2cccc([N+](=O)[O-])c2)c1[C@@]1(C(=O)O)N2C(=S)[C@@H](C)[C@H]2SC1(C)C. The predicted octanol–water partition coefficient (Wildman–Crippen LogP) is 3.97. The molecule has 0 aliphatic carbocycles. The van der Waals surface area contributed by atoms with Crippen LogP contribution in [0.25, 0.3) is 11.3 Å². The highest BCUT2D eigenvalue weighted by Gasteiger charge is 2.72. The van der Waals surface area contributed by atoms with Gasteiger partial charge in [0.25, 0.3) is 5.69 Å². The molecule has 0 bridgehead atoms. The minimum atomic E-state index is -1.50. The fraction of sp³-hybridized carbons (Fsp3) is 0.421. The van der Waals surface area contributed by atoms with E-state index in [1.807, 2.05) is 20.8 Å². The number of aliphatic carboxylic acids is 1. The summed E-state index contributed by atoms with van der Waals surface area (Å²) >= 11 is 7.12. The Bertz CT molecular complexity index is 1070. The van der Waals surface area contributed by atoms with Crippen molar-refractivity contribution < 1.29 is 19.3 Å². The summed E-state index contributed by atoms with van der Waals surface area (Å²) in [5.74, 6) is -0.757. The molecular weight excluding hydrogens is 414 g/mol. The predicted molar refractivity (Wildman–Crippen MR) is 112 cm³/mol. The second kappa shape index (κ2) is 6.27. The molecule has 0 spiro atoms. The van der Waals surface area contributed by atoms with Gasteiger partial charge in [-0.25, -0.2) is 4.79 Å². The molecule has 0 radical (unpaired) electrons. The summed E-state index contributed by atoms with van der Waals surface area (Å²) in [7, 11) is 0. The van der Waals surface area contributed by atoms with E-state index in [0.29, 0.717) is 21.8 Å². The van der Waals surface area contributed by atoms with Crippen LogP contribution in [0.1, 0.15) is 32.0 Å². The first-order chi connectivity index (χ1) is 13.5. The molecule has 0 saturated carbocycles. The molecule has 152 valence electrons. The number of thioether (sulfide) groups is 1. The highest BCUT2D eigenvalue weighted by atomic mass is 32.2. The minimum absolute atomic E-state index is 0.0686. The van der Waals surface area contributed by atoms with Gasteiger partial charge in [0.15, 0.2) is 11.3 Å². The fourth-order valence-electron chi connectivity index (χ4n) is 4.44. The zero-order valence-corrected chi connectivity index (χ0v) is 17.8. The molecule has 0 amide bonds. The number of carbonyl (C=O) groups is 1. The molecule has 2 fully saturated rings. The highest BCUT2D eigenvalue weighted by molar-refractivity contribution is 8.01. The van der Waals surface area contributed by atoms with Crippen LogP contribution in [0.3, 0.4) is 0 Å². The Morgan fingerprint density at radius 3 is 2.76 bits per heavy atom. The van der Waals surface area contributed by atoms with E-state index in [2.05, 4.69) is 5.16 Å². The molecule has 3 heterocycles. The minimum Gasteiger partial charge on any atom is -0.479 e. The van der Waals surface area contributed by atoms with E-state index in [0.717, 1.165) is 0 Å². The average Bonchev–Trinajstić information content (AvgIpc) is 3.15. The molecule has 0 unspecified atom stereocenters. The van der Waals surface area contributed by atoms with E-state index in [1.54, 1.807) is 29.7 Å². The van der Waals surface area contributed by atoms with Gasteiger partial charge < -0.3 is 14.5 Å². The smallest absolute Gasteiger partial charge is 0.336 e. The number of aryl methyl sites for hydroxylation is 1. The van der Waals surface area contributed by atoms with Gasteiger partial charge in [-0.1, -0.05) is 36.4 Å². The first-order valence-electron chi connectivity index (χ1n) is 9.00. The second-order valence-corrected chi connectivity index (χ2v) is 9.97. The third-order valence-electron chi connectivity index (χ3n) is 5.81. The number of carboxylic acids is 1. The molecule has 29 heavy (non-hydrogen) atoms. The van der Waals surface area contributed by atoms with Crippen LogP contribution < -0.4 is 0 Å². The highest BCUT2D eigenvalue weighted by Crippen LogP contribution is 2.64. The summed E-state index contributed by atoms with van der Waals surface area (Å²) in [6, 6.07) is 5.92. The molecule has 2 aromatic rings. The summed E-state index contributed by atoms with van der Waals surface area (Å²) in [4.78, 5) is 26.0. The van der Waals surface area contributed by atoms with Crippen LogP contribution in [0.15, 0.2) is 28.8 Å². The maximum absolute atomic E-state index is 12.9. The lowest BCUT2D eigenvalue weighted by Crippen LogP contribution is -2.67. The van der Waals surface area contributed by atoms with E-state index in [9.17, 15) is 20.0 Å². The molecule has 4 rings (SSSR count). The van der Waals surface area contributed by atoms with E-state index < -0.39 is 21.2 Å². The number of fused-ring (bicyclic) bond motifs is 1. The van der Waals surface area contributed by atoms with Crippen LogP contribution in [0.2, 0.25) is 0 Å². The summed E-state index contributed by atoms with van der Waals surface area (Å²) in [6.45, 7) is 7.43.